The van der Waals surface area contributed by atoms with Gasteiger partial charge in [-0.25, -0.2) is 0 Å². The third-order valence-corrected chi connectivity index (χ3v) is 2.13. The Morgan fingerprint density at radius 2 is 2.56 bits per heavy atom. The smallest absolute Gasteiger partial charge is 0.101 e. The Morgan fingerprint density at radius 3 is 2.78 bits per heavy atom. The minimum absolute atomic E-state index is 0.319. The van der Waals surface area contributed by atoms with E-state index in [0.717, 1.165) is 0 Å². The van der Waals surface area contributed by atoms with Crippen LogP contribution in [-0.2, 0) is 0 Å². The van der Waals surface area contributed by atoms with Crippen molar-refractivity contribution in [3.05, 3.63) is 10.6 Å². The maximum Gasteiger partial charge on any atom is 0.101 e. The van der Waals surface area contributed by atoms with Crippen molar-refractivity contribution in [3.8, 4) is 6.07 Å². The number of nitrogens with zero attached hydrogens (tertiary/aromatic N) is 1. The lowest BCUT2D eigenvalue weighted by atomic mass is 10.2. The van der Waals surface area contributed by atoms with Crippen molar-refractivity contribution in [2.45, 2.75) is 6.10 Å². The quantitative estimate of drug-likeness (QED) is 0.491. The molecule has 0 saturated heterocycles. The molecule has 0 spiro atoms. The molecule has 0 radical (unpaired) electrons. The summed E-state index contributed by atoms with van der Waals surface area (Å²) in [6.45, 7) is 0. The number of nitrogens with two attached hydrogens (primary N) is 1. The van der Waals surface area contributed by atoms with Crippen molar-refractivity contribution in [1.29, 1.82) is 5.26 Å². The molecule has 0 aliphatic carbocycles. The van der Waals surface area contributed by atoms with E-state index in [2.05, 4.69) is 0 Å². The highest BCUT2D eigenvalue weighted by molar-refractivity contribution is 8.03. The zero-order chi connectivity index (χ0) is 6.85. The molecule has 3 nitrogen and oxygen atoms in total. The standard InChI is InChI=1S/C5H6N2OS/c6-1-3-4(8)2-9-5(3)7/h4,8H,2,7H2. The molecule has 48 valence electrons. The van der Waals surface area contributed by atoms with Crippen molar-refractivity contribution < 1.29 is 5.11 Å². The van der Waals surface area contributed by atoms with Gasteiger partial charge in [0.2, 0.25) is 0 Å². The lowest BCUT2D eigenvalue weighted by Gasteiger charge is -1.94. The van der Waals surface area contributed by atoms with E-state index < -0.39 is 6.10 Å². The molecule has 1 aliphatic rings. The summed E-state index contributed by atoms with van der Waals surface area (Å²) >= 11 is 1.32. The minimum atomic E-state index is -0.639. The molecule has 3 N–H and O–H groups in total. The van der Waals surface area contributed by atoms with E-state index in [1.165, 1.54) is 11.8 Å². The van der Waals surface area contributed by atoms with E-state index in [1.54, 1.807) is 0 Å². The zero-order valence-corrected chi connectivity index (χ0v) is 5.48. The molecule has 0 aromatic heterocycles. The van der Waals surface area contributed by atoms with Gasteiger partial charge in [-0.15, -0.1) is 11.8 Å². The normalized spacial score (nSPS) is 26.4. The molecule has 4 heteroatoms. The second-order valence-corrected chi connectivity index (χ2v) is 2.78. The van der Waals surface area contributed by atoms with Gasteiger partial charge < -0.3 is 10.8 Å². The van der Waals surface area contributed by atoms with Crippen LogP contribution in [0.3, 0.4) is 0 Å². The van der Waals surface area contributed by atoms with E-state index in [-0.39, 0.29) is 0 Å². The summed E-state index contributed by atoms with van der Waals surface area (Å²) in [6, 6.07) is 1.85. The van der Waals surface area contributed by atoms with Crippen LogP contribution in [0, 0.1) is 11.3 Å². The van der Waals surface area contributed by atoms with Crippen molar-refractivity contribution in [1.82, 2.24) is 0 Å². The third kappa shape index (κ3) is 1.02. The number of nitriles is 1. The molecular formula is C5H6N2OS. The molecule has 1 unspecified atom stereocenters. The topological polar surface area (TPSA) is 70.0 Å². The van der Waals surface area contributed by atoms with Crippen LogP contribution in [0.5, 0.6) is 0 Å². The van der Waals surface area contributed by atoms with Crippen LogP contribution < -0.4 is 5.73 Å². The van der Waals surface area contributed by atoms with Crippen molar-refractivity contribution in [2.24, 2.45) is 5.73 Å². The zero-order valence-electron chi connectivity index (χ0n) is 4.66. The first-order valence-electron chi connectivity index (χ1n) is 2.46. The van der Waals surface area contributed by atoms with Crippen LogP contribution in [0.1, 0.15) is 0 Å². The summed E-state index contributed by atoms with van der Waals surface area (Å²) in [5.41, 5.74) is 5.66. The second-order valence-electron chi connectivity index (χ2n) is 1.72. The fourth-order valence-corrected chi connectivity index (χ4v) is 1.46. The monoisotopic (exact) mass is 142 g/mol. The molecule has 0 aromatic carbocycles. The fourth-order valence-electron chi connectivity index (χ4n) is 0.624. The number of aliphatic hydroxyl groups excluding tert-OH is 1. The predicted molar refractivity (Wildman–Crippen MR) is 35.3 cm³/mol. The molecular weight excluding hydrogens is 136 g/mol. The number of rotatable bonds is 0. The molecule has 0 fully saturated rings. The molecule has 0 aromatic rings. The summed E-state index contributed by atoms with van der Waals surface area (Å²) < 4.78 is 0. The van der Waals surface area contributed by atoms with Crippen LogP contribution in [-0.4, -0.2) is 17.0 Å². The summed E-state index contributed by atoms with van der Waals surface area (Å²) in [4.78, 5) is 0. The molecule has 1 rings (SSSR count). The Morgan fingerprint density at radius 1 is 1.89 bits per heavy atom. The van der Waals surface area contributed by atoms with Crippen LogP contribution in [0.4, 0.5) is 0 Å². The van der Waals surface area contributed by atoms with Gasteiger partial charge in [0.05, 0.1) is 10.6 Å². The van der Waals surface area contributed by atoms with E-state index in [0.29, 0.717) is 16.4 Å². The average molecular weight is 142 g/mol. The SMILES string of the molecule is N#CC1=C(N)SCC1O. The first-order chi connectivity index (χ1) is 4.25. The average Bonchev–Trinajstić information content (AvgIpc) is 2.12. The van der Waals surface area contributed by atoms with Gasteiger partial charge in [0.25, 0.3) is 0 Å². The van der Waals surface area contributed by atoms with Gasteiger partial charge >= 0.3 is 0 Å². The van der Waals surface area contributed by atoms with Gasteiger partial charge in [-0.2, -0.15) is 5.26 Å². The first-order valence-corrected chi connectivity index (χ1v) is 3.45. The minimum Gasteiger partial charge on any atom is -0.393 e. The van der Waals surface area contributed by atoms with Gasteiger partial charge in [-0.1, -0.05) is 0 Å². The van der Waals surface area contributed by atoms with Gasteiger partial charge in [0.15, 0.2) is 0 Å². The lowest BCUT2D eigenvalue weighted by molar-refractivity contribution is 0.243. The third-order valence-electron chi connectivity index (χ3n) is 1.12. The van der Waals surface area contributed by atoms with Crippen LogP contribution >= 0.6 is 11.8 Å². The largest absolute Gasteiger partial charge is 0.393 e. The Labute approximate surface area is 57.2 Å². The van der Waals surface area contributed by atoms with Crippen LogP contribution in [0.2, 0.25) is 0 Å². The van der Waals surface area contributed by atoms with E-state index in [4.69, 9.17) is 16.1 Å². The summed E-state index contributed by atoms with van der Waals surface area (Å²) in [6.07, 6.45) is -0.639. The highest BCUT2D eigenvalue weighted by Gasteiger charge is 2.21. The Bertz CT molecular complexity index is 194. The molecule has 0 amide bonds. The highest BCUT2D eigenvalue weighted by atomic mass is 32.2. The number of thioether (sulfide) groups is 1. The summed E-state index contributed by atoms with van der Waals surface area (Å²) in [5.74, 6) is 0.523. The van der Waals surface area contributed by atoms with E-state index in [1.807, 2.05) is 6.07 Å². The molecule has 0 bridgehead atoms. The van der Waals surface area contributed by atoms with Gasteiger partial charge in [0, 0.05) is 5.75 Å². The molecule has 9 heavy (non-hydrogen) atoms. The van der Waals surface area contributed by atoms with Gasteiger partial charge in [-0.3, -0.25) is 0 Å². The number of hydrogen-bond donors (Lipinski definition) is 2. The predicted octanol–water partition coefficient (Wildman–Crippen LogP) is -0.212. The van der Waals surface area contributed by atoms with Crippen LogP contribution in [0.25, 0.3) is 0 Å². The Kier molecular flexibility index (Phi) is 1.65. The molecule has 1 aliphatic heterocycles. The summed E-state index contributed by atoms with van der Waals surface area (Å²) in [7, 11) is 0. The van der Waals surface area contributed by atoms with Crippen molar-refractivity contribution >= 4 is 11.8 Å². The molecule has 1 atom stereocenters. The van der Waals surface area contributed by atoms with Crippen molar-refractivity contribution in [3.63, 3.8) is 0 Å². The van der Waals surface area contributed by atoms with Crippen LogP contribution in [0.15, 0.2) is 10.6 Å². The molecule has 0 saturated carbocycles. The maximum atomic E-state index is 8.98. The van der Waals surface area contributed by atoms with Gasteiger partial charge in [-0.05, 0) is 0 Å². The fraction of sp³-hybridized carbons (Fsp3) is 0.400. The Balaban J connectivity index is 2.85. The summed E-state index contributed by atoms with van der Waals surface area (Å²) in [5, 5.41) is 17.8. The van der Waals surface area contributed by atoms with Gasteiger partial charge in [0.1, 0.15) is 12.2 Å². The first kappa shape index (κ1) is 6.46. The second kappa shape index (κ2) is 2.29. The lowest BCUT2D eigenvalue weighted by Crippen LogP contribution is -2.07. The van der Waals surface area contributed by atoms with Crippen molar-refractivity contribution in [2.75, 3.05) is 5.75 Å². The Hall–Kier alpha value is -0.660. The number of aliphatic hydroxyl groups is 1. The number of hydrogen-bond acceptors (Lipinski definition) is 4. The molecule has 1 heterocycles. The van der Waals surface area contributed by atoms with E-state index in [9.17, 15) is 0 Å². The maximum absolute atomic E-state index is 8.98. The van der Waals surface area contributed by atoms with E-state index >= 15 is 0 Å². The highest BCUT2D eigenvalue weighted by Crippen LogP contribution is 2.26.